The Kier molecular flexibility index (Phi) is 6.67. The second-order valence-electron chi connectivity index (χ2n) is 9.14. The summed E-state index contributed by atoms with van der Waals surface area (Å²) < 4.78 is 35.6. The fourth-order valence-electron chi connectivity index (χ4n) is 4.52. The largest absolute Gasteiger partial charge is 0.477 e. The molecule has 11 heteroatoms. The summed E-state index contributed by atoms with van der Waals surface area (Å²) in [6.07, 6.45) is 5.57. The van der Waals surface area contributed by atoms with Crippen LogP contribution < -0.4 is 10.1 Å². The van der Waals surface area contributed by atoms with Gasteiger partial charge in [-0.1, -0.05) is 30.3 Å². The van der Waals surface area contributed by atoms with Gasteiger partial charge in [-0.15, -0.1) is 0 Å². The number of rotatable bonds is 8. The topological polar surface area (TPSA) is 107 Å². The van der Waals surface area contributed by atoms with Gasteiger partial charge in [0.1, 0.15) is 0 Å². The number of piperidine rings is 1. The highest BCUT2D eigenvalue weighted by Crippen LogP contribution is 2.30. The first-order valence-electron chi connectivity index (χ1n) is 12.1. The number of fused-ring (bicyclic) bond motifs is 1. The van der Waals surface area contributed by atoms with E-state index in [0.717, 1.165) is 37.3 Å². The predicted octanol–water partition coefficient (Wildman–Crippen LogP) is 3.72. The third kappa shape index (κ3) is 4.93. The summed E-state index contributed by atoms with van der Waals surface area (Å²) >= 11 is 0. The number of aromatic nitrogens is 5. The molecule has 0 spiro atoms. The van der Waals surface area contributed by atoms with Crippen molar-refractivity contribution in [3.05, 3.63) is 60.0 Å². The number of benzene rings is 1. The molecule has 5 rings (SSSR count). The normalized spacial score (nSPS) is 15.4. The molecule has 0 bridgehead atoms. The van der Waals surface area contributed by atoms with E-state index in [2.05, 4.69) is 27.2 Å². The standard InChI is InChI=1S/C25H31N7O3S/c1-4-35-24-21-12-15-32(36(33,34)17-19-8-6-5-7-9-19)23(21)27-25(28-24)26-22-16-31(29-18(22)2)20-10-13-30(3)14-11-20/h5-9,12,15-16,20H,4,10-11,13-14,17H2,1-3H3,(H,26,27,28). The maximum Gasteiger partial charge on any atom is 0.244 e. The molecule has 3 aromatic heterocycles. The van der Waals surface area contributed by atoms with Gasteiger partial charge in [0.05, 0.1) is 35.2 Å². The average Bonchev–Trinajstić information content (AvgIpc) is 3.44. The zero-order chi connectivity index (χ0) is 25.3. The average molecular weight is 510 g/mol. The molecule has 1 aromatic carbocycles. The van der Waals surface area contributed by atoms with Gasteiger partial charge in [-0.25, -0.2) is 12.4 Å². The Morgan fingerprint density at radius 1 is 1.11 bits per heavy atom. The Morgan fingerprint density at radius 2 is 1.86 bits per heavy atom. The number of hydrogen-bond donors (Lipinski definition) is 1. The molecule has 1 fully saturated rings. The zero-order valence-corrected chi connectivity index (χ0v) is 21.6. The first-order valence-corrected chi connectivity index (χ1v) is 13.8. The lowest BCUT2D eigenvalue weighted by atomic mass is 10.1. The highest BCUT2D eigenvalue weighted by Gasteiger charge is 2.23. The van der Waals surface area contributed by atoms with Crippen LogP contribution in [-0.4, -0.2) is 63.8 Å². The van der Waals surface area contributed by atoms with E-state index < -0.39 is 10.0 Å². The first kappa shape index (κ1) is 24.3. The lowest BCUT2D eigenvalue weighted by Gasteiger charge is -2.28. The van der Waals surface area contributed by atoms with E-state index in [0.29, 0.717) is 29.5 Å². The number of ether oxygens (including phenoxy) is 1. The lowest BCUT2D eigenvalue weighted by Crippen LogP contribution is -2.31. The van der Waals surface area contributed by atoms with Crippen molar-refractivity contribution in [1.82, 2.24) is 28.6 Å². The van der Waals surface area contributed by atoms with Crippen LogP contribution in [0.2, 0.25) is 0 Å². The van der Waals surface area contributed by atoms with E-state index in [1.165, 1.54) is 10.2 Å². The van der Waals surface area contributed by atoms with Crippen LogP contribution in [0.1, 0.15) is 37.1 Å². The fourth-order valence-corrected chi connectivity index (χ4v) is 5.92. The summed E-state index contributed by atoms with van der Waals surface area (Å²) in [5, 5.41) is 8.50. The zero-order valence-electron chi connectivity index (χ0n) is 20.8. The van der Waals surface area contributed by atoms with E-state index >= 15 is 0 Å². The van der Waals surface area contributed by atoms with Crippen LogP contribution in [0.5, 0.6) is 5.88 Å². The Labute approximate surface area is 211 Å². The second-order valence-corrected chi connectivity index (χ2v) is 11.0. The molecule has 4 aromatic rings. The van der Waals surface area contributed by atoms with Crippen molar-refractivity contribution in [2.75, 3.05) is 32.1 Å². The van der Waals surface area contributed by atoms with Crippen molar-refractivity contribution in [2.24, 2.45) is 0 Å². The van der Waals surface area contributed by atoms with E-state index in [9.17, 15) is 8.42 Å². The monoisotopic (exact) mass is 509 g/mol. The minimum absolute atomic E-state index is 0.142. The van der Waals surface area contributed by atoms with Gasteiger partial charge in [-0.05, 0) is 58.5 Å². The maximum absolute atomic E-state index is 13.3. The fraction of sp³-hybridized carbons (Fsp3) is 0.400. The minimum atomic E-state index is -3.72. The summed E-state index contributed by atoms with van der Waals surface area (Å²) in [4.78, 5) is 11.5. The first-order chi connectivity index (χ1) is 17.3. The molecule has 4 heterocycles. The second kappa shape index (κ2) is 9.90. The molecular formula is C25H31N7O3S. The van der Waals surface area contributed by atoms with Gasteiger partial charge in [-0.3, -0.25) is 4.68 Å². The van der Waals surface area contributed by atoms with Crippen LogP contribution in [0, 0.1) is 6.92 Å². The maximum atomic E-state index is 13.3. The number of aryl methyl sites for hydroxylation is 1. The van der Waals surface area contributed by atoms with Crippen molar-refractivity contribution in [3.63, 3.8) is 0 Å². The van der Waals surface area contributed by atoms with Gasteiger partial charge in [0, 0.05) is 12.4 Å². The Morgan fingerprint density at radius 3 is 2.58 bits per heavy atom. The van der Waals surface area contributed by atoms with Crippen LogP contribution in [0.25, 0.3) is 11.0 Å². The highest BCUT2D eigenvalue weighted by molar-refractivity contribution is 7.89. The van der Waals surface area contributed by atoms with E-state index in [-0.39, 0.29) is 17.3 Å². The van der Waals surface area contributed by atoms with Gasteiger partial charge in [-0.2, -0.15) is 15.1 Å². The summed E-state index contributed by atoms with van der Waals surface area (Å²) in [5.74, 6) is 0.447. The lowest BCUT2D eigenvalue weighted by molar-refractivity contribution is 0.212. The van der Waals surface area contributed by atoms with Crippen molar-refractivity contribution in [1.29, 1.82) is 0 Å². The summed E-state index contributed by atoms with van der Waals surface area (Å²) in [5.41, 5.74) is 2.57. The molecule has 0 radical (unpaired) electrons. The SMILES string of the molecule is CCOc1nc(Nc2cn(C3CCN(C)CC3)nc2C)nc2c1ccn2S(=O)(=O)Cc1ccccc1. The number of nitrogens with one attached hydrogen (secondary N) is 1. The van der Waals surface area contributed by atoms with Gasteiger partial charge < -0.3 is 15.0 Å². The van der Waals surface area contributed by atoms with Crippen LogP contribution >= 0.6 is 0 Å². The number of nitrogens with zero attached hydrogens (tertiary/aromatic N) is 6. The Balaban J connectivity index is 1.48. The molecule has 0 aliphatic carbocycles. The molecule has 1 aliphatic rings. The molecule has 1 saturated heterocycles. The van der Waals surface area contributed by atoms with Crippen LogP contribution in [-0.2, 0) is 15.8 Å². The van der Waals surface area contributed by atoms with Gasteiger partial charge >= 0.3 is 0 Å². The number of anilines is 2. The predicted molar refractivity (Wildman–Crippen MR) is 139 cm³/mol. The molecule has 10 nitrogen and oxygen atoms in total. The molecule has 0 amide bonds. The summed E-state index contributed by atoms with van der Waals surface area (Å²) in [6.45, 7) is 6.26. The van der Waals surface area contributed by atoms with Gasteiger partial charge in [0.2, 0.25) is 21.9 Å². The van der Waals surface area contributed by atoms with Gasteiger partial charge in [0.15, 0.2) is 5.65 Å². The van der Waals surface area contributed by atoms with Crippen LogP contribution in [0.15, 0.2) is 48.8 Å². The molecule has 0 atom stereocenters. The van der Waals surface area contributed by atoms with E-state index in [1.54, 1.807) is 18.2 Å². The smallest absolute Gasteiger partial charge is 0.244 e. The Bertz CT molecular complexity index is 1460. The third-order valence-electron chi connectivity index (χ3n) is 6.47. The molecule has 0 unspecified atom stereocenters. The molecule has 0 saturated carbocycles. The highest BCUT2D eigenvalue weighted by atomic mass is 32.2. The van der Waals surface area contributed by atoms with Crippen molar-refractivity contribution in [3.8, 4) is 5.88 Å². The molecule has 36 heavy (non-hydrogen) atoms. The quantitative estimate of drug-likeness (QED) is 0.383. The molecule has 1 aliphatic heterocycles. The van der Waals surface area contributed by atoms with Crippen molar-refractivity contribution in [2.45, 2.75) is 38.5 Å². The third-order valence-corrected chi connectivity index (χ3v) is 8.07. The molecule has 190 valence electrons. The van der Waals surface area contributed by atoms with Crippen LogP contribution in [0.3, 0.4) is 0 Å². The number of hydrogen-bond acceptors (Lipinski definition) is 8. The summed E-state index contributed by atoms with van der Waals surface area (Å²) in [7, 11) is -1.58. The van der Waals surface area contributed by atoms with Gasteiger partial charge in [0.25, 0.3) is 0 Å². The van der Waals surface area contributed by atoms with Crippen molar-refractivity contribution >= 4 is 32.7 Å². The van der Waals surface area contributed by atoms with E-state index in [4.69, 9.17) is 9.84 Å². The minimum Gasteiger partial charge on any atom is -0.477 e. The van der Waals surface area contributed by atoms with Crippen molar-refractivity contribution < 1.29 is 13.2 Å². The number of likely N-dealkylation sites (tertiary alicyclic amines) is 1. The summed E-state index contributed by atoms with van der Waals surface area (Å²) in [6, 6.07) is 11.1. The van der Waals surface area contributed by atoms with E-state index in [1.807, 2.05) is 42.9 Å². The molecule has 1 N–H and O–H groups in total. The Hall–Kier alpha value is -3.44. The van der Waals surface area contributed by atoms with Crippen LogP contribution in [0.4, 0.5) is 11.6 Å². The molecular weight excluding hydrogens is 478 g/mol.